The van der Waals surface area contributed by atoms with E-state index in [1.807, 2.05) is 0 Å². The van der Waals surface area contributed by atoms with Crippen LogP contribution in [-0.2, 0) is 0 Å². The molecule has 4 N–H and O–H groups in total. The SMILES string of the molecule is CSc1nc(NN)cc(NCC(F)(F)C(F)F)n1. The molecule has 5 nitrogen and oxygen atoms in total. The maximum atomic E-state index is 12.7. The van der Waals surface area contributed by atoms with Gasteiger partial charge in [0.2, 0.25) is 0 Å². The normalized spacial score (nSPS) is 11.7. The van der Waals surface area contributed by atoms with Crippen LogP contribution in [0.15, 0.2) is 11.2 Å². The fourth-order valence-electron chi connectivity index (χ4n) is 0.966. The van der Waals surface area contributed by atoms with Gasteiger partial charge < -0.3 is 10.7 Å². The van der Waals surface area contributed by atoms with Crippen molar-refractivity contribution < 1.29 is 17.6 Å². The van der Waals surface area contributed by atoms with Gasteiger partial charge in [-0.3, -0.25) is 0 Å². The van der Waals surface area contributed by atoms with Crippen LogP contribution < -0.4 is 16.6 Å². The number of nitrogens with zero attached hydrogens (tertiary/aromatic N) is 2. The lowest BCUT2D eigenvalue weighted by Gasteiger charge is -2.16. The number of alkyl halides is 4. The van der Waals surface area contributed by atoms with Crippen LogP contribution in [-0.4, -0.2) is 35.1 Å². The zero-order valence-electron chi connectivity index (χ0n) is 9.25. The van der Waals surface area contributed by atoms with Crippen LogP contribution in [0.1, 0.15) is 0 Å². The molecule has 0 aliphatic heterocycles. The van der Waals surface area contributed by atoms with Crippen LogP contribution in [0.2, 0.25) is 0 Å². The largest absolute Gasteiger partial charge is 0.364 e. The molecule has 0 bridgehead atoms. The molecule has 1 aromatic rings. The lowest BCUT2D eigenvalue weighted by atomic mass is 10.3. The fourth-order valence-corrected chi connectivity index (χ4v) is 1.35. The first-order valence-corrected chi connectivity index (χ1v) is 5.91. The Kier molecular flexibility index (Phi) is 4.96. The monoisotopic (exact) mass is 285 g/mol. The van der Waals surface area contributed by atoms with E-state index in [9.17, 15) is 17.6 Å². The first kappa shape index (κ1) is 14.8. The van der Waals surface area contributed by atoms with E-state index in [1.54, 1.807) is 6.26 Å². The smallest absolute Gasteiger partial charge is 0.324 e. The minimum absolute atomic E-state index is 0.0115. The second-order valence-electron chi connectivity index (χ2n) is 3.18. The van der Waals surface area contributed by atoms with Crippen molar-refractivity contribution in [2.75, 3.05) is 23.5 Å². The maximum absolute atomic E-state index is 12.7. The average molecular weight is 285 g/mol. The van der Waals surface area contributed by atoms with Gasteiger partial charge in [-0.2, -0.15) is 8.78 Å². The van der Waals surface area contributed by atoms with E-state index < -0.39 is 18.9 Å². The molecule has 1 heterocycles. The summed E-state index contributed by atoms with van der Waals surface area (Å²) in [5.41, 5.74) is 2.22. The summed E-state index contributed by atoms with van der Waals surface area (Å²) in [7, 11) is 0. The topological polar surface area (TPSA) is 75.9 Å². The van der Waals surface area contributed by atoms with Gasteiger partial charge in [0.25, 0.3) is 0 Å². The lowest BCUT2D eigenvalue weighted by Crippen LogP contribution is -2.35. The van der Waals surface area contributed by atoms with Crippen molar-refractivity contribution in [3.05, 3.63) is 6.07 Å². The van der Waals surface area contributed by atoms with Crippen LogP contribution in [0.25, 0.3) is 0 Å². The molecule has 18 heavy (non-hydrogen) atoms. The molecule has 1 rings (SSSR count). The molecule has 0 fully saturated rings. The summed E-state index contributed by atoms with van der Waals surface area (Å²) < 4.78 is 49.3. The Hall–Kier alpha value is -1.29. The number of hydrogen-bond acceptors (Lipinski definition) is 6. The highest BCUT2D eigenvalue weighted by Crippen LogP contribution is 2.24. The molecule has 0 unspecified atom stereocenters. The fraction of sp³-hybridized carbons (Fsp3) is 0.500. The summed E-state index contributed by atoms with van der Waals surface area (Å²) in [5, 5.41) is 2.40. The third-order valence-corrected chi connectivity index (χ3v) is 2.41. The predicted molar refractivity (Wildman–Crippen MR) is 61.1 cm³/mol. The number of aromatic nitrogens is 2. The quantitative estimate of drug-likeness (QED) is 0.243. The van der Waals surface area contributed by atoms with E-state index in [4.69, 9.17) is 5.84 Å². The van der Waals surface area contributed by atoms with E-state index in [0.717, 1.165) is 11.8 Å². The van der Waals surface area contributed by atoms with Crippen molar-refractivity contribution in [3.8, 4) is 0 Å². The van der Waals surface area contributed by atoms with Gasteiger partial charge in [-0.1, -0.05) is 11.8 Å². The Balaban J connectivity index is 2.78. The number of hydrazine groups is 1. The van der Waals surface area contributed by atoms with Crippen LogP contribution in [0.5, 0.6) is 0 Å². The highest BCUT2D eigenvalue weighted by molar-refractivity contribution is 7.98. The van der Waals surface area contributed by atoms with Gasteiger partial charge in [-0.15, -0.1) is 0 Å². The molecule has 0 atom stereocenters. The standard InChI is InChI=1S/C8H11F4N5S/c1-18-7-15-4(2-5(16-7)17-13)14-3-8(11,12)6(9)10/h2,6H,3,13H2,1H3,(H2,14,15,16,17). The van der Waals surface area contributed by atoms with Gasteiger partial charge in [0, 0.05) is 6.07 Å². The number of nitrogen functional groups attached to an aromatic ring is 1. The molecule has 0 saturated carbocycles. The van der Waals surface area contributed by atoms with E-state index in [0.29, 0.717) is 0 Å². The lowest BCUT2D eigenvalue weighted by molar-refractivity contribution is -0.117. The van der Waals surface area contributed by atoms with Gasteiger partial charge in [-0.05, 0) is 6.26 Å². The first-order valence-electron chi connectivity index (χ1n) is 4.68. The molecule has 1 aromatic heterocycles. The molecule has 0 aromatic carbocycles. The van der Waals surface area contributed by atoms with Gasteiger partial charge in [0.05, 0.1) is 6.54 Å². The summed E-state index contributed by atoms with van der Waals surface area (Å²) in [6.45, 7) is -1.22. The van der Waals surface area contributed by atoms with Crippen molar-refractivity contribution in [1.29, 1.82) is 0 Å². The summed E-state index contributed by atoms with van der Waals surface area (Å²) >= 11 is 1.16. The number of halogens is 4. The molecular formula is C8H11F4N5S. The molecule has 0 saturated heterocycles. The summed E-state index contributed by atoms with van der Waals surface area (Å²) in [6.07, 6.45) is -2.06. The molecule has 102 valence electrons. The third kappa shape index (κ3) is 3.88. The number of nitrogens with one attached hydrogen (secondary N) is 2. The Labute approximate surface area is 105 Å². The zero-order valence-corrected chi connectivity index (χ0v) is 10.1. The molecule has 0 radical (unpaired) electrons. The Morgan fingerprint density at radius 3 is 2.50 bits per heavy atom. The third-order valence-electron chi connectivity index (χ3n) is 1.86. The average Bonchev–Trinajstić information content (AvgIpc) is 2.35. The molecular weight excluding hydrogens is 274 g/mol. The van der Waals surface area contributed by atoms with Gasteiger partial charge in [-0.25, -0.2) is 24.6 Å². The molecule has 0 spiro atoms. The van der Waals surface area contributed by atoms with Crippen molar-refractivity contribution >= 4 is 23.4 Å². The summed E-state index contributed by atoms with van der Waals surface area (Å²) in [6, 6.07) is 1.24. The zero-order chi connectivity index (χ0) is 13.8. The number of anilines is 2. The second-order valence-corrected chi connectivity index (χ2v) is 3.96. The maximum Gasteiger partial charge on any atom is 0.324 e. The van der Waals surface area contributed by atoms with Crippen molar-refractivity contribution in [1.82, 2.24) is 9.97 Å². The van der Waals surface area contributed by atoms with E-state index >= 15 is 0 Å². The van der Waals surface area contributed by atoms with Gasteiger partial charge in [0.1, 0.15) is 11.6 Å². The number of thioether (sulfide) groups is 1. The highest BCUT2D eigenvalue weighted by Gasteiger charge is 2.40. The first-order chi connectivity index (χ1) is 8.39. The Bertz CT molecular complexity index is 381. The van der Waals surface area contributed by atoms with Gasteiger partial charge >= 0.3 is 12.3 Å². The number of rotatable bonds is 6. The highest BCUT2D eigenvalue weighted by atomic mass is 32.2. The Morgan fingerprint density at radius 2 is 2.00 bits per heavy atom. The van der Waals surface area contributed by atoms with Crippen molar-refractivity contribution in [2.24, 2.45) is 5.84 Å². The second kappa shape index (κ2) is 6.05. The number of nitrogens with two attached hydrogens (primary N) is 1. The van der Waals surface area contributed by atoms with E-state index in [2.05, 4.69) is 20.7 Å². The van der Waals surface area contributed by atoms with Crippen LogP contribution in [0, 0.1) is 0 Å². The summed E-state index contributed by atoms with van der Waals surface area (Å²) in [5.74, 6) is 1.18. The molecule has 0 amide bonds. The van der Waals surface area contributed by atoms with E-state index in [-0.39, 0.29) is 16.8 Å². The van der Waals surface area contributed by atoms with Crippen molar-refractivity contribution in [2.45, 2.75) is 17.5 Å². The minimum atomic E-state index is -4.12. The number of hydrogen-bond donors (Lipinski definition) is 3. The van der Waals surface area contributed by atoms with Crippen LogP contribution in [0.4, 0.5) is 29.2 Å². The summed E-state index contributed by atoms with van der Waals surface area (Å²) in [4.78, 5) is 7.72. The van der Waals surface area contributed by atoms with Gasteiger partial charge in [0.15, 0.2) is 5.16 Å². The van der Waals surface area contributed by atoms with Crippen LogP contribution >= 0.6 is 11.8 Å². The Morgan fingerprint density at radius 1 is 1.39 bits per heavy atom. The minimum Gasteiger partial charge on any atom is -0.364 e. The molecule has 0 aliphatic carbocycles. The molecule has 0 aliphatic rings. The van der Waals surface area contributed by atoms with Crippen LogP contribution in [0.3, 0.4) is 0 Å². The molecule has 10 heteroatoms. The van der Waals surface area contributed by atoms with E-state index in [1.165, 1.54) is 6.07 Å². The van der Waals surface area contributed by atoms with Crippen molar-refractivity contribution in [3.63, 3.8) is 0 Å². The predicted octanol–water partition coefficient (Wildman–Crippen LogP) is 1.80.